The molecule has 2 aliphatic carbocycles. The van der Waals surface area contributed by atoms with Crippen LogP contribution < -0.4 is 5.32 Å². The molecule has 0 aliphatic heterocycles. The third-order valence-corrected chi connectivity index (χ3v) is 7.01. The Morgan fingerprint density at radius 2 is 1.84 bits per heavy atom. The molecule has 1 amide bonds. The maximum atomic E-state index is 13.7. The van der Waals surface area contributed by atoms with Gasteiger partial charge in [0, 0.05) is 10.0 Å². The molecule has 0 radical (unpaired) electrons. The van der Waals surface area contributed by atoms with Crippen LogP contribution in [0.15, 0.2) is 46.9 Å². The van der Waals surface area contributed by atoms with Gasteiger partial charge in [-0.1, -0.05) is 53.7 Å². The number of rotatable bonds is 5. The predicted molar refractivity (Wildman–Crippen MR) is 127 cm³/mol. The third-order valence-electron chi connectivity index (χ3n) is 6.49. The molecule has 1 fully saturated rings. The van der Waals surface area contributed by atoms with Gasteiger partial charge in [-0.25, -0.2) is 14.4 Å². The molecule has 0 saturated heterocycles. The smallest absolute Gasteiger partial charge is 0.229 e. The van der Waals surface area contributed by atoms with E-state index in [1.165, 1.54) is 31.7 Å². The zero-order valence-electron chi connectivity index (χ0n) is 17.8. The molecule has 1 N–H and O–H groups in total. The Morgan fingerprint density at radius 1 is 1.06 bits per heavy atom. The first kappa shape index (κ1) is 21.3. The van der Waals surface area contributed by atoms with Crippen molar-refractivity contribution in [2.45, 2.75) is 51.4 Å². The summed E-state index contributed by atoms with van der Waals surface area (Å²) >= 11 is 3.43. The molecule has 6 heteroatoms. The molecule has 32 heavy (non-hydrogen) atoms. The number of aromatic nitrogens is 2. The summed E-state index contributed by atoms with van der Waals surface area (Å²) in [7, 11) is 0. The van der Waals surface area contributed by atoms with Gasteiger partial charge in [0.15, 0.2) is 5.82 Å². The van der Waals surface area contributed by atoms with E-state index in [-0.39, 0.29) is 18.1 Å². The van der Waals surface area contributed by atoms with Gasteiger partial charge in [-0.15, -0.1) is 0 Å². The summed E-state index contributed by atoms with van der Waals surface area (Å²) in [5, 5.41) is 3.05. The fourth-order valence-electron chi connectivity index (χ4n) is 4.84. The molecular formula is C26H25BrFN3O. The highest BCUT2D eigenvalue weighted by Gasteiger charge is 2.25. The number of carbonyl (C=O) groups excluding carboxylic acids is 1. The van der Waals surface area contributed by atoms with Gasteiger partial charge in [0.25, 0.3) is 0 Å². The Hall–Kier alpha value is -2.60. The molecule has 4 nitrogen and oxygen atoms in total. The van der Waals surface area contributed by atoms with E-state index < -0.39 is 0 Å². The molecule has 2 aliphatic rings. The number of anilines is 1. The van der Waals surface area contributed by atoms with Crippen molar-refractivity contribution in [3.05, 3.63) is 75.3 Å². The van der Waals surface area contributed by atoms with Crippen molar-refractivity contribution in [1.82, 2.24) is 9.97 Å². The molecule has 5 rings (SSSR count). The fourth-order valence-corrected chi connectivity index (χ4v) is 5.11. The van der Waals surface area contributed by atoms with E-state index in [9.17, 15) is 9.18 Å². The quantitative estimate of drug-likeness (QED) is 0.469. The van der Waals surface area contributed by atoms with Crippen LogP contribution in [0.5, 0.6) is 0 Å². The van der Waals surface area contributed by atoms with Crippen molar-refractivity contribution >= 4 is 27.7 Å². The molecule has 0 atom stereocenters. The van der Waals surface area contributed by atoms with Crippen molar-refractivity contribution in [3.8, 4) is 11.3 Å². The molecule has 3 aromatic rings. The average molecular weight is 494 g/mol. The van der Waals surface area contributed by atoms with Crippen LogP contribution in [0, 0.1) is 11.7 Å². The standard InChI is InChI=1S/C26H25BrFN3O/c27-19-8-5-17(6-9-19)14-24(32)31-26-23(13-16-3-1-2-4-16)29-25-21-11-10-20(28)15-18(21)7-12-22(25)30-26/h5-6,8-11,15-16H,1-4,7,12-14H2,(H,30,31,32). The number of fused-ring (bicyclic) bond motifs is 3. The number of benzene rings is 2. The molecule has 1 saturated carbocycles. The zero-order chi connectivity index (χ0) is 22.1. The summed E-state index contributed by atoms with van der Waals surface area (Å²) in [5.41, 5.74) is 5.44. The molecular weight excluding hydrogens is 469 g/mol. The maximum Gasteiger partial charge on any atom is 0.229 e. The molecule has 0 bridgehead atoms. The van der Waals surface area contributed by atoms with Gasteiger partial charge < -0.3 is 5.32 Å². The SMILES string of the molecule is O=C(Cc1ccc(Br)cc1)Nc1nc2c(nc1CC1CCCC1)-c1ccc(F)cc1CC2. The second-order valence-corrected chi connectivity index (χ2v) is 9.74. The summed E-state index contributed by atoms with van der Waals surface area (Å²) < 4.78 is 14.7. The number of halogens is 2. The largest absolute Gasteiger partial charge is 0.309 e. The number of aryl methyl sites for hydroxylation is 2. The Balaban J connectivity index is 1.46. The first-order valence-corrected chi connectivity index (χ1v) is 12.1. The summed E-state index contributed by atoms with van der Waals surface area (Å²) in [4.78, 5) is 22.7. The van der Waals surface area contributed by atoms with Crippen molar-refractivity contribution in [2.24, 2.45) is 5.92 Å². The highest BCUT2D eigenvalue weighted by Crippen LogP contribution is 2.35. The van der Waals surface area contributed by atoms with E-state index in [2.05, 4.69) is 21.2 Å². The molecule has 1 heterocycles. The molecule has 0 spiro atoms. The van der Waals surface area contributed by atoms with Crippen molar-refractivity contribution in [2.75, 3.05) is 5.32 Å². The van der Waals surface area contributed by atoms with Gasteiger partial charge >= 0.3 is 0 Å². The van der Waals surface area contributed by atoms with Crippen LogP contribution in [0.3, 0.4) is 0 Å². The minimum Gasteiger partial charge on any atom is -0.309 e. The maximum absolute atomic E-state index is 13.7. The van der Waals surface area contributed by atoms with Crippen LogP contribution in [-0.4, -0.2) is 15.9 Å². The monoisotopic (exact) mass is 493 g/mol. The fraction of sp³-hybridized carbons (Fsp3) is 0.346. The minimum atomic E-state index is -0.219. The second-order valence-electron chi connectivity index (χ2n) is 8.82. The van der Waals surface area contributed by atoms with E-state index in [1.54, 1.807) is 6.07 Å². The predicted octanol–water partition coefficient (Wildman–Crippen LogP) is 6.06. The van der Waals surface area contributed by atoms with Crippen molar-refractivity contribution in [3.63, 3.8) is 0 Å². The van der Waals surface area contributed by atoms with E-state index in [4.69, 9.17) is 9.97 Å². The lowest BCUT2D eigenvalue weighted by Crippen LogP contribution is -2.20. The summed E-state index contributed by atoms with van der Waals surface area (Å²) in [6, 6.07) is 12.7. The van der Waals surface area contributed by atoms with Crippen LogP contribution in [-0.2, 0) is 30.5 Å². The highest BCUT2D eigenvalue weighted by molar-refractivity contribution is 9.10. The van der Waals surface area contributed by atoms with Crippen LogP contribution in [0.1, 0.15) is 48.2 Å². The Bertz CT molecular complexity index is 1160. The van der Waals surface area contributed by atoms with Gasteiger partial charge in [0.1, 0.15) is 5.82 Å². The topological polar surface area (TPSA) is 54.9 Å². The van der Waals surface area contributed by atoms with Gasteiger partial charge in [-0.3, -0.25) is 4.79 Å². The second kappa shape index (κ2) is 9.10. The van der Waals surface area contributed by atoms with E-state index in [1.807, 2.05) is 30.3 Å². The highest BCUT2D eigenvalue weighted by atomic mass is 79.9. The number of carbonyl (C=O) groups is 1. The van der Waals surface area contributed by atoms with Crippen LogP contribution in [0.2, 0.25) is 0 Å². The third kappa shape index (κ3) is 4.60. The summed E-state index contributed by atoms with van der Waals surface area (Å²) in [6.07, 6.45) is 7.38. The number of nitrogens with zero attached hydrogens (tertiary/aromatic N) is 2. The Kier molecular flexibility index (Phi) is 6.05. The van der Waals surface area contributed by atoms with E-state index >= 15 is 0 Å². The molecule has 2 aromatic carbocycles. The number of amides is 1. The zero-order valence-corrected chi connectivity index (χ0v) is 19.4. The molecule has 1 aromatic heterocycles. The molecule has 0 unspecified atom stereocenters. The normalized spacial score (nSPS) is 15.3. The molecule has 164 valence electrons. The number of nitrogens with one attached hydrogen (secondary N) is 1. The van der Waals surface area contributed by atoms with Crippen molar-refractivity contribution < 1.29 is 9.18 Å². The lowest BCUT2D eigenvalue weighted by molar-refractivity contribution is -0.115. The van der Waals surface area contributed by atoms with Crippen LogP contribution in [0.4, 0.5) is 10.2 Å². The number of hydrogen-bond donors (Lipinski definition) is 1. The average Bonchev–Trinajstić information content (AvgIpc) is 3.29. The lowest BCUT2D eigenvalue weighted by atomic mass is 9.91. The van der Waals surface area contributed by atoms with E-state index in [0.29, 0.717) is 18.2 Å². The van der Waals surface area contributed by atoms with E-state index in [0.717, 1.165) is 51.1 Å². The van der Waals surface area contributed by atoms with Crippen LogP contribution in [0.25, 0.3) is 11.3 Å². The van der Waals surface area contributed by atoms with Crippen LogP contribution >= 0.6 is 15.9 Å². The first-order valence-electron chi connectivity index (χ1n) is 11.3. The van der Waals surface area contributed by atoms with Gasteiger partial charge in [0.2, 0.25) is 5.91 Å². The van der Waals surface area contributed by atoms with Gasteiger partial charge in [-0.05, 0) is 66.6 Å². The lowest BCUT2D eigenvalue weighted by Gasteiger charge is -2.22. The van der Waals surface area contributed by atoms with Gasteiger partial charge in [0.05, 0.1) is 23.5 Å². The summed E-state index contributed by atoms with van der Waals surface area (Å²) in [5.74, 6) is 0.847. The van der Waals surface area contributed by atoms with Crippen molar-refractivity contribution in [1.29, 1.82) is 0 Å². The minimum absolute atomic E-state index is 0.0903. The first-order chi connectivity index (χ1) is 15.5. The Labute approximate surface area is 195 Å². The number of hydrogen-bond acceptors (Lipinski definition) is 3. The summed E-state index contributed by atoms with van der Waals surface area (Å²) in [6.45, 7) is 0. The van der Waals surface area contributed by atoms with Gasteiger partial charge in [-0.2, -0.15) is 0 Å². The Morgan fingerprint density at radius 3 is 2.62 bits per heavy atom.